The molecule has 0 unspecified atom stereocenters. The molecule has 0 aliphatic rings. The van der Waals surface area contributed by atoms with Crippen LogP contribution < -0.4 is 5.73 Å². The third-order valence-corrected chi connectivity index (χ3v) is 1.04. The third kappa shape index (κ3) is 2.49. The Morgan fingerprint density at radius 2 is 2.00 bits per heavy atom. The van der Waals surface area contributed by atoms with Crippen molar-refractivity contribution in [3.8, 4) is 0 Å². The highest BCUT2D eigenvalue weighted by Crippen LogP contribution is 2.08. The first kappa shape index (κ1) is 8.95. The van der Waals surface area contributed by atoms with E-state index in [4.69, 9.17) is 5.73 Å². The largest absolute Gasteiger partial charge is 0.397 e. The zero-order valence-electron chi connectivity index (χ0n) is 6.81. The Hall–Kier alpha value is -1.05. The Balaban J connectivity index is 4.61. The Labute approximate surface area is 62.1 Å². The predicted octanol–water partition coefficient (Wildman–Crippen LogP) is 1.84. The summed E-state index contributed by atoms with van der Waals surface area (Å²) in [4.78, 5) is 4.05. The van der Waals surface area contributed by atoms with E-state index in [9.17, 15) is 0 Å². The molecule has 2 nitrogen and oxygen atoms in total. The van der Waals surface area contributed by atoms with Crippen molar-refractivity contribution in [1.29, 1.82) is 0 Å². The quantitative estimate of drug-likeness (QED) is 0.459. The first-order chi connectivity index (χ1) is 4.59. The molecule has 0 fully saturated rings. The molecule has 0 radical (unpaired) electrons. The summed E-state index contributed by atoms with van der Waals surface area (Å²) in [5, 5.41) is 0. The highest BCUT2D eigenvalue weighted by molar-refractivity contribution is 5.57. The van der Waals surface area contributed by atoms with E-state index >= 15 is 0 Å². The average molecular weight is 138 g/mol. The summed E-state index contributed by atoms with van der Waals surface area (Å²) in [6.07, 6.45) is 1.71. The van der Waals surface area contributed by atoms with Gasteiger partial charge in [0.25, 0.3) is 0 Å². The molecule has 0 aromatic carbocycles. The maximum Gasteiger partial charge on any atom is 0.0835 e. The highest BCUT2D eigenvalue weighted by Gasteiger charge is 1.95. The Morgan fingerprint density at radius 3 is 2.10 bits per heavy atom. The molecule has 0 heterocycles. The van der Waals surface area contributed by atoms with Crippen LogP contribution in [0.2, 0.25) is 0 Å². The van der Waals surface area contributed by atoms with Gasteiger partial charge in [0.15, 0.2) is 0 Å². The van der Waals surface area contributed by atoms with Crippen molar-refractivity contribution in [2.45, 2.75) is 20.8 Å². The summed E-state index contributed by atoms with van der Waals surface area (Å²) in [6, 6.07) is 0. The molecule has 2 N–H and O–H groups in total. The minimum Gasteiger partial charge on any atom is -0.397 e. The molecule has 0 spiro atoms. The maximum atomic E-state index is 5.46. The van der Waals surface area contributed by atoms with Crippen LogP contribution >= 0.6 is 0 Å². The standard InChI is InChI=1S/C8H14N2/c1-5-10-8(6(2)3)7(4)9/h5H,4,9H2,1-3H3. The maximum absolute atomic E-state index is 5.46. The first-order valence-corrected chi connectivity index (χ1v) is 3.20. The van der Waals surface area contributed by atoms with Crippen molar-refractivity contribution in [2.24, 2.45) is 10.7 Å². The summed E-state index contributed by atoms with van der Waals surface area (Å²) in [5.41, 5.74) is 7.87. The Bertz CT molecular complexity index is 183. The van der Waals surface area contributed by atoms with Crippen LogP contribution in [0.5, 0.6) is 0 Å². The topological polar surface area (TPSA) is 38.4 Å². The summed E-state index contributed by atoms with van der Waals surface area (Å²) in [7, 11) is 0. The van der Waals surface area contributed by atoms with Crippen molar-refractivity contribution in [1.82, 2.24) is 0 Å². The number of aliphatic imine (C=N–C) groups is 1. The van der Waals surface area contributed by atoms with Gasteiger partial charge in [0.1, 0.15) is 0 Å². The lowest BCUT2D eigenvalue weighted by molar-refractivity contribution is 1.17. The van der Waals surface area contributed by atoms with Crippen LogP contribution in [0.15, 0.2) is 28.5 Å². The SMILES string of the molecule is C=C(N)C(N=CC)=C(C)C. The lowest BCUT2D eigenvalue weighted by Gasteiger charge is -2.01. The van der Waals surface area contributed by atoms with Gasteiger partial charge in [-0.05, 0) is 26.3 Å². The van der Waals surface area contributed by atoms with Gasteiger partial charge in [0.05, 0.1) is 11.4 Å². The summed E-state index contributed by atoms with van der Waals surface area (Å²) >= 11 is 0. The van der Waals surface area contributed by atoms with Gasteiger partial charge in [-0.3, -0.25) is 4.99 Å². The van der Waals surface area contributed by atoms with Gasteiger partial charge in [0.2, 0.25) is 0 Å². The van der Waals surface area contributed by atoms with Gasteiger partial charge in [-0.1, -0.05) is 6.58 Å². The average Bonchev–Trinajstić information content (AvgIpc) is 1.81. The van der Waals surface area contributed by atoms with Crippen LogP contribution in [0, 0.1) is 0 Å². The molecule has 2 heteroatoms. The highest BCUT2D eigenvalue weighted by atomic mass is 14.8. The van der Waals surface area contributed by atoms with Gasteiger partial charge < -0.3 is 5.73 Å². The van der Waals surface area contributed by atoms with E-state index in [1.165, 1.54) is 0 Å². The molecule has 0 atom stereocenters. The number of hydrogen-bond acceptors (Lipinski definition) is 2. The van der Waals surface area contributed by atoms with Crippen LogP contribution in [-0.4, -0.2) is 6.21 Å². The van der Waals surface area contributed by atoms with Crippen molar-refractivity contribution >= 4 is 6.21 Å². The number of rotatable bonds is 2. The van der Waals surface area contributed by atoms with Gasteiger partial charge in [-0.15, -0.1) is 0 Å². The lowest BCUT2D eigenvalue weighted by Crippen LogP contribution is -1.98. The van der Waals surface area contributed by atoms with E-state index < -0.39 is 0 Å². The number of nitrogens with zero attached hydrogens (tertiary/aromatic N) is 1. The van der Waals surface area contributed by atoms with E-state index in [0.29, 0.717) is 5.70 Å². The molecular formula is C8H14N2. The number of allylic oxidation sites excluding steroid dienone is 1. The molecule has 0 bridgehead atoms. The van der Waals surface area contributed by atoms with Crippen LogP contribution in [0.4, 0.5) is 0 Å². The van der Waals surface area contributed by atoms with Crippen molar-refractivity contribution in [3.05, 3.63) is 23.5 Å². The number of nitrogens with two attached hydrogens (primary N) is 1. The fourth-order valence-electron chi connectivity index (χ4n) is 0.662. The smallest absolute Gasteiger partial charge is 0.0835 e. The normalized spacial score (nSPS) is 9.90. The van der Waals surface area contributed by atoms with Crippen LogP contribution in [-0.2, 0) is 0 Å². The minimum absolute atomic E-state index is 0.526. The minimum atomic E-state index is 0.526. The molecule has 0 saturated heterocycles. The summed E-state index contributed by atoms with van der Waals surface area (Å²) in [5.74, 6) is 0. The molecule has 0 amide bonds. The Kier molecular flexibility index (Phi) is 3.47. The molecule has 0 aliphatic heterocycles. The van der Waals surface area contributed by atoms with E-state index in [-0.39, 0.29) is 0 Å². The van der Waals surface area contributed by atoms with E-state index in [2.05, 4.69) is 11.6 Å². The predicted molar refractivity (Wildman–Crippen MR) is 45.9 cm³/mol. The molecule has 0 aromatic heterocycles. The zero-order chi connectivity index (χ0) is 8.15. The van der Waals surface area contributed by atoms with Crippen molar-refractivity contribution in [3.63, 3.8) is 0 Å². The monoisotopic (exact) mass is 138 g/mol. The van der Waals surface area contributed by atoms with Crippen LogP contribution in [0.25, 0.3) is 0 Å². The van der Waals surface area contributed by atoms with Crippen molar-refractivity contribution < 1.29 is 0 Å². The van der Waals surface area contributed by atoms with Gasteiger partial charge in [-0.2, -0.15) is 0 Å². The van der Waals surface area contributed by atoms with E-state index in [0.717, 1.165) is 11.3 Å². The van der Waals surface area contributed by atoms with E-state index in [1.54, 1.807) is 6.21 Å². The van der Waals surface area contributed by atoms with E-state index in [1.807, 2.05) is 20.8 Å². The second kappa shape index (κ2) is 3.88. The van der Waals surface area contributed by atoms with Crippen LogP contribution in [0.3, 0.4) is 0 Å². The summed E-state index contributed by atoms with van der Waals surface area (Å²) in [6.45, 7) is 9.37. The van der Waals surface area contributed by atoms with Crippen molar-refractivity contribution in [2.75, 3.05) is 0 Å². The first-order valence-electron chi connectivity index (χ1n) is 3.20. The second-order valence-corrected chi connectivity index (χ2v) is 2.26. The van der Waals surface area contributed by atoms with Gasteiger partial charge in [0, 0.05) is 6.21 Å². The summed E-state index contributed by atoms with van der Waals surface area (Å²) < 4.78 is 0. The zero-order valence-corrected chi connectivity index (χ0v) is 6.81. The fraction of sp³-hybridized carbons (Fsp3) is 0.375. The number of hydrogen-bond donors (Lipinski definition) is 1. The molecule has 56 valence electrons. The van der Waals surface area contributed by atoms with Gasteiger partial charge in [-0.25, -0.2) is 0 Å². The second-order valence-electron chi connectivity index (χ2n) is 2.26. The molecule has 0 rings (SSSR count). The Morgan fingerprint density at radius 1 is 1.50 bits per heavy atom. The lowest BCUT2D eigenvalue weighted by atomic mass is 10.2. The van der Waals surface area contributed by atoms with Gasteiger partial charge >= 0.3 is 0 Å². The molecular weight excluding hydrogens is 124 g/mol. The molecule has 0 aliphatic carbocycles. The molecule has 0 saturated carbocycles. The fourth-order valence-corrected chi connectivity index (χ4v) is 0.662. The third-order valence-electron chi connectivity index (χ3n) is 1.04. The molecule has 10 heavy (non-hydrogen) atoms. The molecule has 0 aromatic rings. The van der Waals surface area contributed by atoms with Crippen LogP contribution in [0.1, 0.15) is 20.8 Å².